The average Bonchev–Trinajstić information content (AvgIpc) is 3.45. The normalized spacial score (nSPS) is 54.5. The quantitative estimate of drug-likeness (QED) is 0.266. The van der Waals surface area contributed by atoms with E-state index in [1.165, 1.54) is 0 Å². The maximum absolute atomic E-state index is 12.4. The number of cyclic esters (lactones) is 1. The average molecular weight is 537 g/mol. The summed E-state index contributed by atoms with van der Waals surface area (Å²) in [7, 11) is 0. The number of carbonyl (C=O) groups is 1. The first kappa shape index (κ1) is 27.1. The molecule has 2 heterocycles. The van der Waals surface area contributed by atoms with Crippen molar-refractivity contribution in [2.75, 3.05) is 13.2 Å². The molecule has 0 spiro atoms. The Kier molecular flexibility index (Phi) is 6.78. The van der Waals surface area contributed by atoms with Crippen LogP contribution in [-0.2, 0) is 19.0 Å². The zero-order chi connectivity index (χ0) is 27.0. The molecule has 4 saturated carbocycles. The number of hydrogen-bond donors (Lipinski definition) is 5. The Bertz CT molecular complexity index is 970. The lowest BCUT2D eigenvalue weighted by Gasteiger charge is -2.64. The lowest BCUT2D eigenvalue weighted by molar-refractivity contribution is -0.311. The number of hydrogen-bond acceptors (Lipinski definition) is 9. The van der Waals surface area contributed by atoms with Gasteiger partial charge >= 0.3 is 5.97 Å². The van der Waals surface area contributed by atoms with Crippen LogP contribution in [0.5, 0.6) is 0 Å². The van der Waals surface area contributed by atoms with Crippen molar-refractivity contribution >= 4 is 5.97 Å². The number of rotatable bonds is 4. The molecule has 4 aliphatic carbocycles. The monoisotopic (exact) mass is 536 g/mol. The van der Waals surface area contributed by atoms with Crippen LogP contribution in [0.3, 0.4) is 0 Å². The third-order valence-corrected chi connectivity index (χ3v) is 12.1. The van der Waals surface area contributed by atoms with E-state index in [0.717, 1.165) is 50.5 Å². The van der Waals surface area contributed by atoms with E-state index in [9.17, 15) is 30.3 Å². The van der Waals surface area contributed by atoms with Crippen LogP contribution in [0.1, 0.15) is 71.6 Å². The van der Waals surface area contributed by atoms with Crippen molar-refractivity contribution in [3.63, 3.8) is 0 Å². The molecule has 6 rings (SSSR count). The molecular formula is C29H44O9. The Morgan fingerprint density at radius 2 is 1.79 bits per heavy atom. The van der Waals surface area contributed by atoms with Gasteiger partial charge in [-0.1, -0.05) is 6.92 Å². The van der Waals surface area contributed by atoms with Crippen molar-refractivity contribution in [2.24, 2.45) is 34.5 Å². The van der Waals surface area contributed by atoms with Crippen LogP contribution >= 0.6 is 0 Å². The number of ether oxygens (including phenoxy) is 3. The van der Waals surface area contributed by atoms with Gasteiger partial charge < -0.3 is 39.7 Å². The van der Waals surface area contributed by atoms with Gasteiger partial charge in [-0.2, -0.15) is 0 Å². The summed E-state index contributed by atoms with van der Waals surface area (Å²) >= 11 is 0. The fourth-order valence-corrected chi connectivity index (χ4v) is 9.91. The largest absolute Gasteiger partial charge is 0.458 e. The number of carbonyl (C=O) groups excluding carboxylic acids is 1. The van der Waals surface area contributed by atoms with E-state index in [1.807, 2.05) is 0 Å². The molecule has 38 heavy (non-hydrogen) atoms. The van der Waals surface area contributed by atoms with Gasteiger partial charge in [0.05, 0.1) is 17.8 Å². The first-order chi connectivity index (χ1) is 18.0. The zero-order valence-electron chi connectivity index (χ0n) is 22.5. The number of aliphatic hydroxyl groups is 5. The smallest absolute Gasteiger partial charge is 0.331 e. The highest BCUT2D eigenvalue weighted by Crippen LogP contribution is 2.70. The number of aliphatic hydroxyl groups excluding tert-OH is 4. The van der Waals surface area contributed by atoms with Crippen LogP contribution in [0.2, 0.25) is 0 Å². The maximum Gasteiger partial charge on any atom is 0.331 e. The second-order valence-corrected chi connectivity index (χ2v) is 13.4. The summed E-state index contributed by atoms with van der Waals surface area (Å²) in [6.45, 7) is 4.27. The highest BCUT2D eigenvalue weighted by atomic mass is 16.7. The second kappa shape index (κ2) is 9.50. The highest BCUT2D eigenvalue weighted by molar-refractivity contribution is 5.85. The molecule has 5 fully saturated rings. The first-order valence-electron chi connectivity index (χ1n) is 14.6. The van der Waals surface area contributed by atoms with Gasteiger partial charge in [-0.05, 0) is 99.4 Å². The van der Waals surface area contributed by atoms with Crippen LogP contribution in [0, 0.1) is 34.5 Å². The topological polar surface area (TPSA) is 146 Å². The summed E-state index contributed by atoms with van der Waals surface area (Å²) in [5, 5.41) is 53.9. The van der Waals surface area contributed by atoms with Gasteiger partial charge in [0.15, 0.2) is 6.29 Å². The summed E-state index contributed by atoms with van der Waals surface area (Å²) in [5.74, 6) is 0.414. The standard InChI is InChI=1S/C29H44O9/c1-15-23(32)24(33)25(34)26(37-15)38-18-5-9-28(14-30)17(12-18)3-4-21-20(28)6-8-27(2)19(7-10-29(21,27)35)16-11-22(31)36-13-16/h11,15,17-21,23-26,30,32-35H,3-10,12-14H2,1-2H3/t15-,17+,18-,19+,20-,21+,23+,24+,25+,26+,27+,28+,29-/m0/s1. The van der Waals surface area contributed by atoms with Crippen molar-refractivity contribution in [2.45, 2.75) is 114 Å². The van der Waals surface area contributed by atoms with Crippen LogP contribution in [-0.4, -0.2) is 87.1 Å². The van der Waals surface area contributed by atoms with E-state index < -0.39 is 36.3 Å². The van der Waals surface area contributed by atoms with Crippen LogP contribution in [0.25, 0.3) is 0 Å². The minimum atomic E-state index is -1.32. The molecule has 0 radical (unpaired) electrons. The Morgan fingerprint density at radius 1 is 1.00 bits per heavy atom. The van der Waals surface area contributed by atoms with E-state index >= 15 is 0 Å². The predicted octanol–water partition coefficient (Wildman–Crippen LogP) is 1.43. The molecule has 0 bridgehead atoms. The second-order valence-electron chi connectivity index (χ2n) is 13.4. The highest BCUT2D eigenvalue weighted by Gasteiger charge is 2.68. The SMILES string of the molecule is C[C@@H]1O[C@H](O[C@H]2CC[C@@]3(CO)[C@H](CC[C@@H]4[C@@H]3CC[C@]3(C)[C@@H](C5=CC(=O)OC5)CC[C@]43O)C2)[C@H](O)[C@H](O)[C@@H]1O. The van der Waals surface area contributed by atoms with E-state index in [1.54, 1.807) is 13.0 Å². The molecule has 9 nitrogen and oxygen atoms in total. The molecule has 0 aromatic heterocycles. The first-order valence-corrected chi connectivity index (χ1v) is 14.6. The van der Waals surface area contributed by atoms with E-state index in [-0.39, 0.29) is 53.2 Å². The minimum Gasteiger partial charge on any atom is -0.458 e. The molecule has 1 saturated heterocycles. The minimum absolute atomic E-state index is 0.0831. The van der Waals surface area contributed by atoms with Crippen LogP contribution in [0.4, 0.5) is 0 Å². The molecule has 5 N–H and O–H groups in total. The predicted molar refractivity (Wildman–Crippen MR) is 134 cm³/mol. The van der Waals surface area contributed by atoms with Crippen molar-refractivity contribution in [3.8, 4) is 0 Å². The van der Waals surface area contributed by atoms with E-state index in [0.29, 0.717) is 19.4 Å². The van der Waals surface area contributed by atoms with Crippen molar-refractivity contribution in [1.29, 1.82) is 0 Å². The molecule has 13 atom stereocenters. The summed E-state index contributed by atoms with van der Waals surface area (Å²) in [6.07, 6.45) is 3.35. The molecule has 214 valence electrons. The molecule has 6 aliphatic rings. The molecule has 0 amide bonds. The molecule has 0 aromatic carbocycles. The molecule has 2 aliphatic heterocycles. The zero-order valence-corrected chi connectivity index (χ0v) is 22.5. The Labute approximate surface area is 224 Å². The summed E-state index contributed by atoms with van der Waals surface area (Å²) in [6, 6.07) is 0. The van der Waals surface area contributed by atoms with Crippen LogP contribution in [0.15, 0.2) is 11.6 Å². The maximum atomic E-state index is 12.4. The third-order valence-electron chi connectivity index (χ3n) is 12.1. The Balaban J connectivity index is 1.19. The van der Waals surface area contributed by atoms with Gasteiger partial charge in [-0.25, -0.2) is 4.79 Å². The van der Waals surface area contributed by atoms with Crippen molar-refractivity contribution in [3.05, 3.63) is 11.6 Å². The lowest BCUT2D eigenvalue weighted by atomic mass is 9.43. The Hall–Kier alpha value is -1.07. The summed E-state index contributed by atoms with van der Waals surface area (Å²) in [4.78, 5) is 11.8. The van der Waals surface area contributed by atoms with Gasteiger partial charge in [-0.15, -0.1) is 0 Å². The molecule has 0 unspecified atom stereocenters. The lowest BCUT2D eigenvalue weighted by Crippen LogP contribution is -2.64. The van der Waals surface area contributed by atoms with Crippen molar-refractivity contribution < 1.29 is 44.5 Å². The summed E-state index contributed by atoms with van der Waals surface area (Å²) in [5.41, 5.74) is -0.401. The van der Waals surface area contributed by atoms with Gasteiger partial charge in [0.1, 0.15) is 24.9 Å². The summed E-state index contributed by atoms with van der Waals surface area (Å²) < 4.78 is 17.1. The van der Waals surface area contributed by atoms with Gasteiger partial charge in [-0.3, -0.25) is 0 Å². The molecule has 9 heteroatoms. The number of fused-ring (bicyclic) bond motifs is 5. The van der Waals surface area contributed by atoms with Gasteiger partial charge in [0.2, 0.25) is 0 Å². The van der Waals surface area contributed by atoms with E-state index in [2.05, 4.69) is 6.92 Å². The molecular weight excluding hydrogens is 492 g/mol. The molecule has 0 aromatic rings. The fraction of sp³-hybridized carbons (Fsp3) is 0.897. The van der Waals surface area contributed by atoms with Gasteiger partial charge in [0.25, 0.3) is 0 Å². The van der Waals surface area contributed by atoms with Gasteiger partial charge in [0, 0.05) is 18.1 Å². The van der Waals surface area contributed by atoms with Crippen molar-refractivity contribution in [1.82, 2.24) is 0 Å². The van der Waals surface area contributed by atoms with Crippen LogP contribution < -0.4 is 0 Å². The number of esters is 1. The Morgan fingerprint density at radius 3 is 2.50 bits per heavy atom. The third kappa shape index (κ3) is 3.80. The fourth-order valence-electron chi connectivity index (χ4n) is 9.91. The van der Waals surface area contributed by atoms with E-state index in [4.69, 9.17) is 14.2 Å².